The summed E-state index contributed by atoms with van der Waals surface area (Å²) in [7, 11) is 1.91. The standard InChI is InChI=1S/C13H11N3/c1-16-9-12(8-15-16)11-6-10-4-2-3-5-13(10)14-7-11/h2-9H,1H3. The minimum atomic E-state index is 1.02. The quantitative estimate of drug-likeness (QED) is 0.616. The fourth-order valence-corrected chi connectivity index (χ4v) is 1.80. The van der Waals surface area contributed by atoms with Crippen molar-refractivity contribution in [1.82, 2.24) is 14.8 Å². The Kier molecular flexibility index (Phi) is 1.96. The van der Waals surface area contributed by atoms with Crippen molar-refractivity contribution >= 4 is 10.9 Å². The van der Waals surface area contributed by atoms with E-state index in [0.29, 0.717) is 0 Å². The van der Waals surface area contributed by atoms with E-state index in [4.69, 9.17) is 0 Å². The Morgan fingerprint density at radius 1 is 1.06 bits per heavy atom. The van der Waals surface area contributed by atoms with Gasteiger partial charge in [0.15, 0.2) is 0 Å². The number of rotatable bonds is 1. The van der Waals surface area contributed by atoms with Gasteiger partial charge in [0.2, 0.25) is 0 Å². The van der Waals surface area contributed by atoms with Crippen LogP contribution in [0.1, 0.15) is 0 Å². The number of pyridine rings is 1. The second-order valence-electron chi connectivity index (χ2n) is 3.82. The molecule has 0 radical (unpaired) electrons. The Bertz CT molecular complexity index is 640. The lowest BCUT2D eigenvalue weighted by atomic mass is 10.1. The molecule has 78 valence electrons. The molecule has 0 atom stereocenters. The predicted octanol–water partition coefficient (Wildman–Crippen LogP) is 2.64. The van der Waals surface area contributed by atoms with Crippen LogP contribution in [0.5, 0.6) is 0 Å². The highest BCUT2D eigenvalue weighted by Crippen LogP contribution is 2.21. The molecule has 0 bridgehead atoms. The van der Waals surface area contributed by atoms with Gasteiger partial charge in [0, 0.05) is 36.0 Å². The van der Waals surface area contributed by atoms with E-state index >= 15 is 0 Å². The Morgan fingerprint density at radius 2 is 1.94 bits per heavy atom. The molecule has 0 saturated carbocycles. The highest BCUT2D eigenvalue weighted by Gasteiger charge is 2.02. The van der Waals surface area contributed by atoms with E-state index in [-0.39, 0.29) is 0 Å². The fourth-order valence-electron chi connectivity index (χ4n) is 1.80. The minimum Gasteiger partial charge on any atom is -0.275 e. The summed E-state index contributed by atoms with van der Waals surface area (Å²) in [5.74, 6) is 0. The molecule has 0 spiro atoms. The Morgan fingerprint density at radius 3 is 2.75 bits per heavy atom. The highest BCUT2D eigenvalue weighted by atomic mass is 15.2. The molecule has 0 N–H and O–H groups in total. The van der Waals surface area contributed by atoms with Gasteiger partial charge in [-0.05, 0) is 12.1 Å². The molecule has 0 amide bonds. The van der Waals surface area contributed by atoms with Crippen molar-refractivity contribution in [3.8, 4) is 11.1 Å². The molecule has 3 nitrogen and oxygen atoms in total. The van der Waals surface area contributed by atoms with Crippen LogP contribution in [-0.2, 0) is 7.05 Å². The largest absolute Gasteiger partial charge is 0.275 e. The molecular formula is C13H11N3. The number of hydrogen-bond acceptors (Lipinski definition) is 2. The normalized spacial score (nSPS) is 10.8. The molecule has 0 unspecified atom stereocenters. The van der Waals surface area contributed by atoms with Crippen molar-refractivity contribution in [1.29, 1.82) is 0 Å². The summed E-state index contributed by atoms with van der Waals surface area (Å²) in [6.07, 6.45) is 5.73. The molecule has 0 aliphatic heterocycles. The average Bonchev–Trinajstić information content (AvgIpc) is 2.75. The van der Waals surface area contributed by atoms with Crippen LogP contribution >= 0.6 is 0 Å². The average molecular weight is 209 g/mol. The van der Waals surface area contributed by atoms with Gasteiger partial charge in [-0.15, -0.1) is 0 Å². The van der Waals surface area contributed by atoms with E-state index in [1.54, 1.807) is 4.68 Å². The molecule has 3 aromatic rings. The van der Waals surface area contributed by atoms with Crippen molar-refractivity contribution in [3.63, 3.8) is 0 Å². The molecule has 0 aliphatic carbocycles. The monoisotopic (exact) mass is 209 g/mol. The predicted molar refractivity (Wildman–Crippen MR) is 63.9 cm³/mol. The summed E-state index contributed by atoms with van der Waals surface area (Å²) in [6, 6.07) is 10.3. The second-order valence-corrected chi connectivity index (χ2v) is 3.82. The molecule has 0 aliphatic rings. The molecule has 16 heavy (non-hydrogen) atoms. The summed E-state index contributed by atoms with van der Waals surface area (Å²) in [5.41, 5.74) is 3.22. The maximum absolute atomic E-state index is 4.43. The zero-order valence-corrected chi connectivity index (χ0v) is 8.96. The molecule has 0 saturated heterocycles. The van der Waals surface area contributed by atoms with Gasteiger partial charge in [-0.2, -0.15) is 5.10 Å². The number of aromatic nitrogens is 3. The van der Waals surface area contributed by atoms with E-state index < -0.39 is 0 Å². The van der Waals surface area contributed by atoms with Crippen molar-refractivity contribution in [2.45, 2.75) is 0 Å². The van der Waals surface area contributed by atoms with Crippen LogP contribution in [0.2, 0.25) is 0 Å². The van der Waals surface area contributed by atoms with Gasteiger partial charge in [0.05, 0.1) is 11.7 Å². The second kappa shape index (κ2) is 3.45. The fraction of sp³-hybridized carbons (Fsp3) is 0.0769. The van der Waals surface area contributed by atoms with E-state index in [0.717, 1.165) is 22.0 Å². The maximum atomic E-state index is 4.43. The molecular weight excluding hydrogens is 198 g/mol. The number of aryl methyl sites for hydroxylation is 1. The van der Waals surface area contributed by atoms with Crippen molar-refractivity contribution in [3.05, 3.63) is 48.9 Å². The number of benzene rings is 1. The Balaban J connectivity index is 2.18. The first-order valence-electron chi connectivity index (χ1n) is 5.17. The third kappa shape index (κ3) is 1.46. The van der Waals surface area contributed by atoms with Crippen LogP contribution in [0.15, 0.2) is 48.9 Å². The van der Waals surface area contributed by atoms with Gasteiger partial charge in [-0.1, -0.05) is 18.2 Å². The van der Waals surface area contributed by atoms with Crippen LogP contribution in [0.25, 0.3) is 22.0 Å². The number of nitrogens with zero attached hydrogens (tertiary/aromatic N) is 3. The van der Waals surface area contributed by atoms with Crippen molar-refractivity contribution in [2.24, 2.45) is 7.05 Å². The Labute approximate surface area is 93.4 Å². The first-order valence-corrected chi connectivity index (χ1v) is 5.17. The summed E-state index contributed by atoms with van der Waals surface area (Å²) in [6.45, 7) is 0. The van der Waals surface area contributed by atoms with Crippen molar-refractivity contribution < 1.29 is 0 Å². The number of fused-ring (bicyclic) bond motifs is 1. The molecule has 3 heteroatoms. The molecule has 1 aromatic carbocycles. The highest BCUT2D eigenvalue weighted by molar-refractivity contribution is 5.83. The SMILES string of the molecule is Cn1cc(-c2cnc3ccccc3c2)cn1. The van der Waals surface area contributed by atoms with Gasteiger partial charge in [-0.3, -0.25) is 9.67 Å². The minimum absolute atomic E-state index is 1.02. The van der Waals surface area contributed by atoms with Gasteiger partial charge >= 0.3 is 0 Å². The molecule has 2 aromatic heterocycles. The van der Waals surface area contributed by atoms with E-state index in [1.165, 1.54) is 0 Å². The first-order chi connectivity index (χ1) is 7.83. The van der Waals surface area contributed by atoms with Crippen LogP contribution < -0.4 is 0 Å². The lowest BCUT2D eigenvalue weighted by molar-refractivity contribution is 0.768. The zero-order valence-electron chi connectivity index (χ0n) is 8.96. The van der Waals surface area contributed by atoms with Gasteiger partial charge in [0.25, 0.3) is 0 Å². The lowest BCUT2D eigenvalue weighted by Crippen LogP contribution is -1.84. The van der Waals surface area contributed by atoms with Crippen LogP contribution in [0.4, 0.5) is 0 Å². The number of hydrogen-bond donors (Lipinski definition) is 0. The lowest BCUT2D eigenvalue weighted by Gasteiger charge is -1.99. The number of para-hydroxylation sites is 1. The van der Waals surface area contributed by atoms with E-state index in [2.05, 4.69) is 22.2 Å². The molecule has 0 fully saturated rings. The van der Waals surface area contributed by atoms with Crippen LogP contribution in [0, 0.1) is 0 Å². The summed E-state index contributed by atoms with van der Waals surface area (Å²) < 4.78 is 1.80. The third-order valence-corrected chi connectivity index (χ3v) is 2.63. The van der Waals surface area contributed by atoms with Gasteiger partial charge in [0.1, 0.15) is 0 Å². The molecule has 2 heterocycles. The summed E-state index contributed by atoms with van der Waals surface area (Å²) in [5, 5.41) is 5.32. The molecule has 3 rings (SSSR count). The third-order valence-electron chi connectivity index (χ3n) is 2.63. The van der Waals surface area contributed by atoms with E-state index in [9.17, 15) is 0 Å². The summed E-state index contributed by atoms with van der Waals surface area (Å²) in [4.78, 5) is 4.43. The van der Waals surface area contributed by atoms with Gasteiger partial charge < -0.3 is 0 Å². The Hall–Kier alpha value is -2.16. The smallest absolute Gasteiger partial charge is 0.0702 e. The van der Waals surface area contributed by atoms with Crippen LogP contribution in [0.3, 0.4) is 0 Å². The summed E-state index contributed by atoms with van der Waals surface area (Å²) >= 11 is 0. The zero-order chi connectivity index (χ0) is 11.0. The topological polar surface area (TPSA) is 30.7 Å². The van der Waals surface area contributed by atoms with Gasteiger partial charge in [-0.25, -0.2) is 0 Å². The van der Waals surface area contributed by atoms with Crippen molar-refractivity contribution in [2.75, 3.05) is 0 Å². The van der Waals surface area contributed by atoms with Crippen LogP contribution in [-0.4, -0.2) is 14.8 Å². The van der Waals surface area contributed by atoms with E-state index in [1.807, 2.05) is 43.8 Å². The first kappa shape index (κ1) is 9.09. The maximum Gasteiger partial charge on any atom is 0.0702 e.